The van der Waals surface area contributed by atoms with Gasteiger partial charge in [-0.05, 0) is 55.2 Å². The SMILES string of the molecule is COc1ccc(C[C@@H](C#N)C(=O)Nc2cc(C)ccc2C)cc1. The number of nitriles is 1. The van der Waals surface area contributed by atoms with E-state index in [2.05, 4.69) is 11.4 Å². The molecular formula is C19H20N2O2. The van der Waals surface area contributed by atoms with E-state index >= 15 is 0 Å². The zero-order valence-corrected chi connectivity index (χ0v) is 13.6. The van der Waals surface area contributed by atoms with E-state index < -0.39 is 5.92 Å². The van der Waals surface area contributed by atoms with Crippen molar-refractivity contribution in [3.8, 4) is 11.8 Å². The normalized spacial score (nSPS) is 11.4. The highest BCUT2D eigenvalue weighted by Crippen LogP contribution is 2.19. The molecule has 0 spiro atoms. The molecule has 4 nitrogen and oxygen atoms in total. The number of methoxy groups -OCH3 is 1. The summed E-state index contributed by atoms with van der Waals surface area (Å²) in [5, 5.41) is 12.2. The van der Waals surface area contributed by atoms with Crippen LogP contribution in [0.4, 0.5) is 5.69 Å². The molecule has 2 aromatic carbocycles. The highest BCUT2D eigenvalue weighted by molar-refractivity contribution is 5.95. The monoisotopic (exact) mass is 308 g/mol. The molecule has 0 saturated heterocycles. The fourth-order valence-electron chi connectivity index (χ4n) is 2.28. The number of ether oxygens (including phenoxy) is 1. The standard InChI is InChI=1S/C19H20N2O2/c1-13-4-5-14(2)18(10-13)21-19(22)16(12-20)11-15-6-8-17(23-3)9-7-15/h4-10,16H,11H2,1-3H3,(H,21,22)/t16-/m0/s1. The zero-order valence-electron chi connectivity index (χ0n) is 13.6. The minimum atomic E-state index is -0.733. The van der Waals surface area contributed by atoms with E-state index in [-0.39, 0.29) is 5.91 Å². The first kappa shape index (κ1) is 16.6. The second-order valence-corrected chi connectivity index (χ2v) is 5.54. The van der Waals surface area contributed by atoms with Gasteiger partial charge in [-0.15, -0.1) is 0 Å². The summed E-state index contributed by atoms with van der Waals surface area (Å²) in [4.78, 5) is 12.4. The fraction of sp³-hybridized carbons (Fsp3) is 0.263. The van der Waals surface area contributed by atoms with Crippen LogP contribution in [0.5, 0.6) is 5.75 Å². The van der Waals surface area contributed by atoms with Crippen LogP contribution in [0, 0.1) is 31.1 Å². The van der Waals surface area contributed by atoms with Crippen LogP contribution >= 0.6 is 0 Å². The molecule has 1 amide bonds. The molecule has 2 rings (SSSR count). The molecule has 0 saturated carbocycles. The summed E-state index contributed by atoms with van der Waals surface area (Å²) < 4.78 is 5.11. The average molecular weight is 308 g/mol. The number of aryl methyl sites for hydroxylation is 2. The summed E-state index contributed by atoms with van der Waals surface area (Å²) in [5.74, 6) is -0.262. The van der Waals surface area contributed by atoms with Gasteiger partial charge < -0.3 is 10.1 Å². The number of carbonyl (C=O) groups is 1. The number of hydrogen-bond acceptors (Lipinski definition) is 3. The molecule has 0 heterocycles. The van der Waals surface area contributed by atoms with Gasteiger partial charge in [0, 0.05) is 5.69 Å². The van der Waals surface area contributed by atoms with Crippen molar-refractivity contribution in [2.75, 3.05) is 12.4 Å². The molecule has 1 atom stereocenters. The maximum atomic E-state index is 12.4. The summed E-state index contributed by atoms with van der Waals surface area (Å²) in [6.07, 6.45) is 0.372. The van der Waals surface area contributed by atoms with Crippen LogP contribution in [0.25, 0.3) is 0 Å². The Hall–Kier alpha value is -2.80. The topological polar surface area (TPSA) is 62.1 Å². The van der Waals surface area contributed by atoms with Crippen LogP contribution < -0.4 is 10.1 Å². The minimum absolute atomic E-state index is 0.281. The summed E-state index contributed by atoms with van der Waals surface area (Å²) in [7, 11) is 1.60. The fourth-order valence-corrected chi connectivity index (χ4v) is 2.28. The summed E-state index contributed by atoms with van der Waals surface area (Å²) in [6.45, 7) is 3.90. The lowest BCUT2D eigenvalue weighted by Gasteiger charge is -2.13. The molecule has 0 bridgehead atoms. The van der Waals surface area contributed by atoms with Gasteiger partial charge >= 0.3 is 0 Å². The Morgan fingerprint density at radius 2 is 1.91 bits per heavy atom. The Morgan fingerprint density at radius 1 is 1.22 bits per heavy atom. The molecule has 0 unspecified atom stereocenters. The second-order valence-electron chi connectivity index (χ2n) is 5.54. The molecule has 0 aromatic heterocycles. The van der Waals surface area contributed by atoms with Crippen LogP contribution in [0.3, 0.4) is 0 Å². The van der Waals surface area contributed by atoms with Gasteiger partial charge in [0.1, 0.15) is 11.7 Å². The van der Waals surface area contributed by atoms with Gasteiger partial charge in [0.25, 0.3) is 0 Å². The second kappa shape index (κ2) is 7.46. The molecule has 0 aliphatic rings. The Kier molecular flexibility index (Phi) is 5.37. The molecule has 1 N–H and O–H groups in total. The van der Waals surface area contributed by atoms with E-state index in [1.54, 1.807) is 7.11 Å². The molecular weight excluding hydrogens is 288 g/mol. The van der Waals surface area contributed by atoms with Gasteiger partial charge in [0.2, 0.25) is 5.91 Å². The first-order valence-corrected chi connectivity index (χ1v) is 7.44. The number of rotatable bonds is 5. The Bertz CT molecular complexity index is 730. The van der Waals surface area contributed by atoms with Gasteiger partial charge in [0.15, 0.2) is 0 Å². The van der Waals surface area contributed by atoms with Crippen molar-refractivity contribution in [2.45, 2.75) is 20.3 Å². The predicted molar refractivity (Wildman–Crippen MR) is 90.3 cm³/mol. The van der Waals surface area contributed by atoms with Crippen molar-refractivity contribution in [1.29, 1.82) is 5.26 Å². The number of nitrogens with one attached hydrogen (secondary N) is 1. The maximum Gasteiger partial charge on any atom is 0.242 e. The van der Waals surface area contributed by atoms with Crippen molar-refractivity contribution in [2.24, 2.45) is 5.92 Å². The number of nitrogens with zero attached hydrogens (tertiary/aromatic N) is 1. The van der Waals surface area contributed by atoms with E-state index in [1.165, 1.54) is 0 Å². The van der Waals surface area contributed by atoms with Crippen molar-refractivity contribution >= 4 is 11.6 Å². The summed E-state index contributed by atoms with van der Waals surface area (Å²) in [5.41, 5.74) is 3.72. The number of hydrogen-bond donors (Lipinski definition) is 1. The van der Waals surface area contributed by atoms with Crippen LogP contribution in [-0.2, 0) is 11.2 Å². The first-order valence-electron chi connectivity index (χ1n) is 7.44. The third-order valence-electron chi connectivity index (χ3n) is 3.72. The van der Waals surface area contributed by atoms with E-state index in [0.717, 1.165) is 28.1 Å². The molecule has 0 aliphatic heterocycles. The summed E-state index contributed by atoms with van der Waals surface area (Å²) >= 11 is 0. The molecule has 0 aliphatic carbocycles. The molecule has 0 radical (unpaired) electrons. The minimum Gasteiger partial charge on any atom is -0.497 e. The Morgan fingerprint density at radius 3 is 2.52 bits per heavy atom. The Balaban J connectivity index is 2.09. The van der Waals surface area contributed by atoms with Gasteiger partial charge in [-0.25, -0.2) is 0 Å². The van der Waals surface area contributed by atoms with Crippen LogP contribution in [0.2, 0.25) is 0 Å². The van der Waals surface area contributed by atoms with E-state index in [0.29, 0.717) is 6.42 Å². The van der Waals surface area contributed by atoms with Crippen molar-refractivity contribution in [1.82, 2.24) is 0 Å². The average Bonchev–Trinajstić information content (AvgIpc) is 2.56. The molecule has 0 fully saturated rings. The highest BCUT2D eigenvalue weighted by Gasteiger charge is 2.19. The van der Waals surface area contributed by atoms with Gasteiger partial charge in [-0.3, -0.25) is 4.79 Å². The van der Waals surface area contributed by atoms with Gasteiger partial charge in [-0.2, -0.15) is 5.26 Å². The van der Waals surface area contributed by atoms with Crippen LogP contribution in [0.1, 0.15) is 16.7 Å². The van der Waals surface area contributed by atoms with E-state index in [9.17, 15) is 10.1 Å². The van der Waals surface area contributed by atoms with Crippen LogP contribution in [-0.4, -0.2) is 13.0 Å². The lowest BCUT2D eigenvalue weighted by atomic mass is 9.99. The Labute approximate surface area is 136 Å². The maximum absolute atomic E-state index is 12.4. The van der Waals surface area contributed by atoms with E-state index in [1.807, 2.05) is 56.3 Å². The lowest BCUT2D eigenvalue weighted by molar-refractivity contribution is -0.118. The molecule has 118 valence electrons. The first-order chi connectivity index (χ1) is 11.0. The lowest BCUT2D eigenvalue weighted by Crippen LogP contribution is -2.23. The largest absolute Gasteiger partial charge is 0.497 e. The molecule has 2 aromatic rings. The number of carbonyl (C=O) groups excluding carboxylic acids is 1. The van der Waals surface area contributed by atoms with Gasteiger partial charge in [-0.1, -0.05) is 24.3 Å². The van der Waals surface area contributed by atoms with Crippen molar-refractivity contribution in [3.63, 3.8) is 0 Å². The number of benzene rings is 2. The third-order valence-corrected chi connectivity index (χ3v) is 3.72. The number of anilines is 1. The zero-order chi connectivity index (χ0) is 16.8. The van der Waals surface area contributed by atoms with Crippen LogP contribution in [0.15, 0.2) is 42.5 Å². The van der Waals surface area contributed by atoms with Crippen molar-refractivity contribution < 1.29 is 9.53 Å². The smallest absolute Gasteiger partial charge is 0.242 e. The molecule has 23 heavy (non-hydrogen) atoms. The number of amides is 1. The van der Waals surface area contributed by atoms with Crippen molar-refractivity contribution in [3.05, 3.63) is 59.2 Å². The van der Waals surface area contributed by atoms with Gasteiger partial charge in [0.05, 0.1) is 13.2 Å². The highest BCUT2D eigenvalue weighted by atomic mass is 16.5. The predicted octanol–water partition coefficient (Wildman–Crippen LogP) is 3.63. The van der Waals surface area contributed by atoms with E-state index in [4.69, 9.17) is 4.74 Å². The molecule has 4 heteroatoms. The summed E-state index contributed by atoms with van der Waals surface area (Å²) in [6, 6.07) is 15.3. The quantitative estimate of drug-likeness (QED) is 0.917. The third kappa shape index (κ3) is 4.33.